The van der Waals surface area contributed by atoms with Crippen LogP contribution in [0.25, 0.3) is 34.4 Å². The van der Waals surface area contributed by atoms with Crippen molar-refractivity contribution >= 4 is 40.3 Å². The molecule has 3 unspecified atom stereocenters. The summed E-state index contributed by atoms with van der Waals surface area (Å²) < 4.78 is 0.0175. The van der Waals surface area contributed by atoms with Gasteiger partial charge in [-0.2, -0.15) is 0 Å². The monoisotopic (exact) mass is 803 g/mol. The van der Waals surface area contributed by atoms with E-state index in [9.17, 15) is 0 Å². The molecule has 0 nitrogen and oxygen atoms in total. The Morgan fingerprint density at radius 3 is 1.27 bits per heavy atom. The van der Waals surface area contributed by atoms with Crippen molar-refractivity contribution in [3.8, 4) is 22.3 Å². The van der Waals surface area contributed by atoms with Crippen LogP contribution in [-0.2, 0) is 26.4 Å². The molecule has 5 aromatic carbocycles. The van der Waals surface area contributed by atoms with Crippen LogP contribution in [-0.4, -0.2) is 5.92 Å². The summed E-state index contributed by atoms with van der Waals surface area (Å²) >= 11 is -5.08. The first kappa shape index (κ1) is 36.6. The van der Waals surface area contributed by atoms with Gasteiger partial charge >= 0.3 is 318 Å². The number of allylic oxidation sites excluding steroid dienone is 2. The van der Waals surface area contributed by atoms with Crippen molar-refractivity contribution in [2.24, 2.45) is 0 Å². The van der Waals surface area contributed by atoms with Crippen LogP contribution in [0.2, 0.25) is 6.55 Å². The van der Waals surface area contributed by atoms with Crippen molar-refractivity contribution in [2.75, 3.05) is 0 Å². The molecule has 3 atom stereocenters. The van der Waals surface area contributed by atoms with E-state index in [0.29, 0.717) is 0 Å². The average Bonchev–Trinajstić information content (AvgIpc) is 3.64. The summed E-state index contributed by atoms with van der Waals surface area (Å²) in [6.07, 6.45) is 4.83. The first-order chi connectivity index (χ1) is 24.0. The van der Waals surface area contributed by atoms with Gasteiger partial charge in [0.25, 0.3) is 0 Å². The summed E-state index contributed by atoms with van der Waals surface area (Å²) in [5.41, 5.74) is 15.7. The summed E-state index contributed by atoms with van der Waals surface area (Å²) in [5, 5.41) is 1.36. The van der Waals surface area contributed by atoms with Crippen LogP contribution in [0.1, 0.15) is 96.0 Å². The molecule has 0 fully saturated rings. The quantitative estimate of drug-likeness (QED) is 0.150. The van der Waals surface area contributed by atoms with Crippen molar-refractivity contribution in [3.05, 3.63) is 160 Å². The van der Waals surface area contributed by atoms with Gasteiger partial charge in [-0.1, -0.05) is 0 Å². The summed E-state index contributed by atoms with van der Waals surface area (Å²) in [6, 6.07) is 43.0. The summed E-state index contributed by atoms with van der Waals surface area (Å²) in [7, 11) is 17.7. The fraction of sp³-hybridized carbons (Fsp3) is 0.277. The molecule has 0 N–H and O–H groups in total. The van der Waals surface area contributed by atoms with Crippen molar-refractivity contribution in [1.82, 2.24) is 0 Å². The summed E-state index contributed by atoms with van der Waals surface area (Å²) in [6.45, 7) is 20.7. The number of rotatable bonds is 6. The Balaban J connectivity index is 1.41. The third-order valence-corrected chi connectivity index (χ3v) is 59.5. The Bertz CT molecular complexity index is 2050. The van der Waals surface area contributed by atoms with Gasteiger partial charge < -0.3 is 0 Å². The van der Waals surface area contributed by atoms with Gasteiger partial charge in [0.2, 0.25) is 0 Å². The summed E-state index contributed by atoms with van der Waals surface area (Å²) in [4.78, 5) is 0. The molecular weight excluding hydrogens is 755 g/mol. The zero-order valence-corrected chi connectivity index (χ0v) is 36.7. The average molecular weight is 806 g/mol. The molecule has 0 heterocycles. The predicted octanol–water partition coefficient (Wildman–Crippen LogP) is 13.5. The van der Waals surface area contributed by atoms with E-state index in [0.717, 1.165) is 0 Å². The number of hydrogen-bond donors (Lipinski definition) is 0. The Morgan fingerprint density at radius 2 is 0.902 bits per heavy atom. The van der Waals surface area contributed by atoms with Crippen molar-refractivity contribution in [2.45, 2.75) is 80.0 Å². The molecule has 0 saturated carbocycles. The molecule has 0 bridgehead atoms. The predicted molar refractivity (Wildman–Crippen MR) is 225 cm³/mol. The second kappa shape index (κ2) is 13.0. The van der Waals surface area contributed by atoms with E-state index >= 15 is 0 Å². The van der Waals surface area contributed by atoms with Crippen LogP contribution in [0.5, 0.6) is 0 Å². The first-order valence-electron chi connectivity index (χ1n) is 18.5. The van der Waals surface area contributed by atoms with Crippen LogP contribution < -0.4 is 5.19 Å². The van der Waals surface area contributed by atoms with Gasteiger partial charge in [-0.05, 0) is 0 Å². The van der Waals surface area contributed by atoms with Gasteiger partial charge in [-0.15, -0.1) is 0 Å². The van der Waals surface area contributed by atoms with Gasteiger partial charge in [0.05, 0.1) is 0 Å². The Kier molecular flexibility index (Phi) is 9.32. The topological polar surface area (TPSA) is 0 Å². The molecule has 0 aliphatic heterocycles. The molecule has 2 aliphatic rings. The van der Waals surface area contributed by atoms with E-state index in [-0.39, 0.29) is 18.1 Å². The van der Waals surface area contributed by atoms with Gasteiger partial charge in [0, 0.05) is 0 Å². The van der Waals surface area contributed by atoms with Crippen LogP contribution in [0.15, 0.2) is 126 Å². The molecule has 5 aromatic rings. The van der Waals surface area contributed by atoms with Gasteiger partial charge in [-0.25, -0.2) is 0 Å². The normalized spacial score (nSPS) is 18.7. The number of halogens is 2. The number of benzene rings is 5. The first-order valence-corrected chi connectivity index (χ1v) is 34.2. The Morgan fingerprint density at radius 1 is 0.510 bits per heavy atom. The maximum atomic E-state index is 8.83. The number of fused-ring (bicyclic) bond motifs is 2. The molecule has 0 radical (unpaired) electrons. The minimum absolute atomic E-state index is 0.00877. The van der Waals surface area contributed by atoms with E-state index in [1.807, 2.05) is 0 Å². The van der Waals surface area contributed by atoms with E-state index in [1.165, 1.54) is 72.0 Å². The molecule has 0 amide bonds. The molecule has 4 heteroatoms. The molecule has 0 spiro atoms. The fourth-order valence-electron chi connectivity index (χ4n) is 9.10. The number of hydrogen-bond acceptors (Lipinski definition) is 0. The van der Waals surface area contributed by atoms with E-state index in [4.69, 9.17) is 17.0 Å². The van der Waals surface area contributed by atoms with Crippen molar-refractivity contribution < 1.29 is 15.6 Å². The van der Waals surface area contributed by atoms with Crippen molar-refractivity contribution in [1.29, 1.82) is 0 Å². The molecule has 0 saturated heterocycles. The summed E-state index contributed by atoms with van der Waals surface area (Å²) in [5.74, 6) is -1.98. The third-order valence-electron chi connectivity index (χ3n) is 11.9. The van der Waals surface area contributed by atoms with Crippen molar-refractivity contribution in [3.63, 3.8) is 0 Å². The third kappa shape index (κ3) is 6.17. The van der Waals surface area contributed by atoms with Crippen LogP contribution in [0.3, 0.4) is 0 Å². The van der Waals surface area contributed by atoms with E-state index in [1.54, 1.807) is 0 Å². The second-order valence-electron chi connectivity index (χ2n) is 17.3. The van der Waals surface area contributed by atoms with Crippen LogP contribution in [0.4, 0.5) is 0 Å². The van der Waals surface area contributed by atoms with Crippen LogP contribution in [0, 0.1) is 0 Å². The Labute approximate surface area is 315 Å². The molecule has 0 aromatic heterocycles. The standard InChI is InChI=1S/2C20H21.C7H9Si.2ClH.Zr/c2*1-14-12-16-6-5-7-18(19(16)13-14)15-8-10-17(11-9-15)20(2,3)4;1-8-7-5-3-2-4-6-7;;;/h2*5-13H,1-4H3;2-6,8H,1H3;2*1H;/q;;;;;+2/p-2. The molecule has 7 rings (SSSR count). The SMILES string of the molecule is CC1=Cc2c(-c3ccc(C(C)(C)C)cc3)cccc2[CH]1[Zr]([Cl])([Cl])([CH]1C(C)=Cc2c(-c3ccc(C(C)(C)C)cc3)cccc21)[SiH](C)c1ccccc1. The molecule has 261 valence electrons. The zero-order chi connectivity index (χ0) is 36.5. The maximum absolute atomic E-state index is 8.83. The molecule has 51 heavy (non-hydrogen) atoms. The van der Waals surface area contributed by atoms with E-state index < -0.39 is 21.5 Å². The molecule has 2 aliphatic carbocycles. The zero-order valence-electron chi connectivity index (χ0n) is 31.6. The Hall–Kier alpha value is -2.74. The van der Waals surface area contributed by atoms with Gasteiger partial charge in [0.15, 0.2) is 0 Å². The minimum atomic E-state index is -5.08. The van der Waals surface area contributed by atoms with Gasteiger partial charge in [0.1, 0.15) is 0 Å². The van der Waals surface area contributed by atoms with Crippen LogP contribution >= 0.6 is 17.0 Å². The second-order valence-corrected chi connectivity index (χ2v) is 57.5. The van der Waals surface area contributed by atoms with Gasteiger partial charge in [-0.3, -0.25) is 0 Å². The van der Waals surface area contributed by atoms with E-state index in [2.05, 4.69) is 189 Å². The molecular formula is C47H51Cl2SiZr. The fourth-order valence-corrected chi connectivity index (χ4v) is 51.3.